The second-order valence-corrected chi connectivity index (χ2v) is 4.26. The first-order chi connectivity index (χ1) is 8.61. The quantitative estimate of drug-likeness (QED) is 0.297. The molecule has 1 heterocycles. The topological polar surface area (TPSA) is 99.2 Å². The maximum atomic E-state index is 12.1. The molecule has 6 nitrogen and oxygen atoms in total. The van der Waals surface area contributed by atoms with Gasteiger partial charge in [-0.05, 0) is 18.6 Å². The molecule has 1 aromatic carbocycles. The zero-order chi connectivity index (χ0) is 13.1. The molecule has 0 saturated carbocycles. The summed E-state index contributed by atoms with van der Waals surface area (Å²) in [5, 5.41) is 20.9. The van der Waals surface area contributed by atoms with E-state index in [0.29, 0.717) is 30.6 Å². The van der Waals surface area contributed by atoms with Crippen molar-refractivity contribution >= 4 is 11.7 Å². The number of amidine groups is 1. The van der Waals surface area contributed by atoms with Gasteiger partial charge >= 0.3 is 0 Å². The lowest BCUT2D eigenvalue weighted by Crippen LogP contribution is -2.29. The summed E-state index contributed by atoms with van der Waals surface area (Å²) < 4.78 is 0. The minimum absolute atomic E-state index is 0.0360. The van der Waals surface area contributed by atoms with Gasteiger partial charge in [0.2, 0.25) is 0 Å². The predicted octanol–water partition coefficient (Wildman–Crippen LogP) is -0.0121. The maximum Gasteiger partial charge on any atom is 0.253 e. The normalized spacial score (nSPS) is 20.2. The minimum atomic E-state index is -0.443. The van der Waals surface area contributed by atoms with Crippen LogP contribution in [0.3, 0.4) is 0 Å². The van der Waals surface area contributed by atoms with Crippen LogP contribution in [0.5, 0.6) is 0 Å². The van der Waals surface area contributed by atoms with E-state index in [1.54, 1.807) is 29.2 Å². The Kier molecular flexibility index (Phi) is 3.47. The number of amides is 1. The molecular weight excluding hydrogens is 234 g/mol. The number of carbonyl (C=O) groups excluding carboxylic acids is 1. The number of nitrogens with two attached hydrogens (primary N) is 1. The van der Waals surface area contributed by atoms with Crippen LogP contribution in [0, 0.1) is 0 Å². The molecule has 2 rings (SSSR count). The van der Waals surface area contributed by atoms with Crippen molar-refractivity contribution in [2.24, 2.45) is 10.9 Å². The van der Waals surface area contributed by atoms with Gasteiger partial charge in [-0.25, -0.2) is 0 Å². The van der Waals surface area contributed by atoms with Crippen LogP contribution in [0.15, 0.2) is 29.4 Å². The van der Waals surface area contributed by atoms with E-state index in [4.69, 9.17) is 10.9 Å². The Labute approximate surface area is 104 Å². The molecule has 1 atom stereocenters. The fourth-order valence-electron chi connectivity index (χ4n) is 1.98. The fraction of sp³-hybridized carbons (Fsp3) is 0.333. The summed E-state index contributed by atoms with van der Waals surface area (Å²) >= 11 is 0. The summed E-state index contributed by atoms with van der Waals surface area (Å²) in [5.74, 6) is -0.190. The summed E-state index contributed by atoms with van der Waals surface area (Å²) in [6, 6.07) is 6.57. The lowest BCUT2D eigenvalue weighted by atomic mass is 10.1. The zero-order valence-corrected chi connectivity index (χ0v) is 9.78. The Bertz CT molecular complexity index is 487. The first-order valence-corrected chi connectivity index (χ1v) is 5.67. The molecule has 0 bridgehead atoms. The highest BCUT2D eigenvalue weighted by atomic mass is 16.4. The van der Waals surface area contributed by atoms with Gasteiger partial charge in [0, 0.05) is 24.2 Å². The third kappa shape index (κ3) is 2.43. The Balaban J connectivity index is 2.21. The lowest BCUT2D eigenvalue weighted by Gasteiger charge is -2.15. The van der Waals surface area contributed by atoms with Gasteiger partial charge in [-0.15, -0.1) is 0 Å². The summed E-state index contributed by atoms with van der Waals surface area (Å²) in [6.07, 6.45) is 0.160. The van der Waals surface area contributed by atoms with Crippen LogP contribution in [0.4, 0.5) is 0 Å². The number of benzene rings is 1. The molecule has 96 valence electrons. The molecule has 1 fully saturated rings. The number of nitrogens with zero attached hydrogens (tertiary/aromatic N) is 2. The molecule has 4 N–H and O–H groups in total. The number of β-amino-alcohol motifs (C(OH)–C–C–N with tert-alkyl or cyclic N) is 1. The third-order valence-corrected chi connectivity index (χ3v) is 2.96. The zero-order valence-electron chi connectivity index (χ0n) is 9.78. The first kappa shape index (κ1) is 12.4. The minimum Gasteiger partial charge on any atom is -0.409 e. The van der Waals surface area contributed by atoms with E-state index in [1.165, 1.54) is 0 Å². The number of rotatable bonds is 2. The van der Waals surface area contributed by atoms with E-state index in [9.17, 15) is 9.90 Å². The fourth-order valence-corrected chi connectivity index (χ4v) is 1.98. The SMILES string of the molecule is NC(=NO)c1cccc(C(=O)N2CCC(O)C2)c1. The van der Waals surface area contributed by atoms with E-state index in [2.05, 4.69) is 5.16 Å². The molecule has 1 saturated heterocycles. The summed E-state index contributed by atoms with van der Waals surface area (Å²) in [6.45, 7) is 0.903. The standard InChI is InChI=1S/C12H15N3O3/c13-11(14-18)8-2-1-3-9(6-8)12(17)15-5-4-10(16)7-15/h1-3,6,10,16,18H,4-5,7H2,(H2,13,14). The van der Waals surface area contributed by atoms with Gasteiger partial charge in [0.25, 0.3) is 5.91 Å². The lowest BCUT2D eigenvalue weighted by molar-refractivity contribution is 0.0765. The number of oxime groups is 1. The second-order valence-electron chi connectivity index (χ2n) is 4.26. The highest BCUT2D eigenvalue weighted by Crippen LogP contribution is 2.14. The molecule has 1 aliphatic heterocycles. The van der Waals surface area contributed by atoms with E-state index in [-0.39, 0.29) is 11.7 Å². The van der Waals surface area contributed by atoms with Crippen molar-refractivity contribution in [3.05, 3.63) is 35.4 Å². The van der Waals surface area contributed by atoms with Gasteiger partial charge in [-0.3, -0.25) is 4.79 Å². The van der Waals surface area contributed by atoms with Crippen LogP contribution < -0.4 is 5.73 Å². The van der Waals surface area contributed by atoms with Gasteiger partial charge in [0.05, 0.1) is 6.10 Å². The first-order valence-electron chi connectivity index (χ1n) is 5.67. The predicted molar refractivity (Wildman–Crippen MR) is 65.5 cm³/mol. The number of hydrogen-bond acceptors (Lipinski definition) is 4. The third-order valence-electron chi connectivity index (χ3n) is 2.96. The number of aliphatic hydroxyl groups is 1. The average Bonchev–Trinajstić information content (AvgIpc) is 2.83. The summed E-state index contributed by atoms with van der Waals surface area (Å²) in [4.78, 5) is 13.7. The molecule has 1 aromatic rings. The van der Waals surface area contributed by atoms with Crippen molar-refractivity contribution in [1.29, 1.82) is 0 Å². The Morgan fingerprint density at radius 3 is 2.78 bits per heavy atom. The summed E-state index contributed by atoms with van der Waals surface area (Å²) in [7, 11) is 0. The van der Waals surface area contributed by atoms with E-state index < -0.39 is 6.10 Å². The number of hydrogen-bond donors (Lipinski definition) is 3. The van der Waals surface area contributed by atoms with Gasteiger partial charge in [0.1, 0.15) is 0 Å². The average molecular weight is 249 g/mol. The van der Waals surface area contributed by atoms with Gasteiger partial charge in [0.15, 0.2) is 5.84 Å². The highest BCUT2D eigenvalue weighted by molar-refractivity contribution is 6.01. The Morgan fingerprint density at radius 1 is 1.44 bits per heavy atom. The van der Waals surface area contributed by atoms with Crippen molar-refractivity contribution in [2.75, 3.05) is 13.1 Å². The van der Waals surface area contributed by atoms with E-state index in [1.807, 2.05) is 0 Å². The maximum absolute atomic E-state index is 12.1. The van der Waals surface area contributed by atoms with Crippen LogP contribution in [-0.4, -0.2) is 46.1 Å². The molecule has 0 aliphatic carbocycles. The second kappa shape index (κ2) is 5.05. The van der Waals surface area contributed by atoms with E-state index in [0.717, 1.165) is 0 Å². The van der Waals surface area contributed by atoms with Gasteiger partial charge < -0.3 is 20.9 Å². The van der Waals surface area contributed by atoms with Crippen molar-refractivity contribution in [1.82, 2.24) is 4.90 Å². The number of aliphatic hydroxyl groups excluding tert-OH is 1. The molecule has 1 unspecified atom stereocenters. The van der Waals surface area contributed by atoms with Gasteiger partial charge in [-0.2, -0.15) is 0 Å². The molecule has 1 aliphatic rings. The molecular formula is C12H15N3O3. The van der Waals surface area contributed by atoms with Gasteiger partial charge in [-0.1, -0.05) is 17.3 Å². The number of carbonyl (C=O) groups is 1. The largest absolute Gasteiger partial charge is 0.409 e. The van der Waals surface area contributed by atoms with Crippen LogP contribution >= 0.6 is 0 Å². The molecule has 1 amide bonds. The Morgan fingerprint density at radius 2 is 2.17 bits per heavy atom. The number of likely N-dealkylation sites (tertiary alicyclic amines) is 1. The smallest absolute Gasteiger partial charge is 0.253 e. The molecule has 0 radical (unpaired) electrons. The van der Waals surface area contributed by atoms with Crippen LogP contribution in [-0.2, 0) is 0 Å². The molecule has 0 spiro atoms. The van der Waals surface area contributed by atoms with Crippen molar-refractivity contribution < 1.29 is 15.1 Å². The molecule has 6 heteroatoms. The monoisotopic (exact) mass is 249 g/mol. The van der Waals surface area contributed by atoms with Crippen molar-refractivity contribution in [3.8, 4) is 0 Å². The summed E-state index contributed by atoms with van der Waals surface area (Å²) in [5.41, 5.74) is 6.43. The Hall–Kier alpha value is -2.08. The van der Waals surface area contributed by atoms with Crippen molar-refractivity contribution in [3.63, 3.8) is 0 Å². The van der Waals surface area contributed by atoms with E-state index >= 15 is 0 Å². The van der Waals surface area contributed by atoms with Crippen molar-refractivity contribution in [2.45, 2.75) is 12.5 Å². The molecule has 18 heavy (non-hydrogen) atoms. The van der Waals surface area contributed by atoms with Crippen LogP contribution in [0.2, 0.25) is 0 Å². The van der Waals surface area contributed by atoms with Crippen LogP contribution in [0.1, 0.15) is 22.3 Å². The highest BCUT2D eigenvalue weighted by Gasteiger charge is 2.25. The van der Waals surface area contributed by atoms with Crippen LogP contribution in [0.25, 0.3) is 0 Å². The molecule has 0 aromatic heterocycles.